The SMILES string of the molecule is NCCc1ccc(Oc2cccc(CO)n2)cc1. The Morgan fingerprint density at radius 2 is 1.89 bits per heavy atom. The van der Waals surface area contributed by atoms with Crippen molar-refractivity contribution < 1.29 is 9.84 Å². The van der Waals surface area contributed by atoms with Crippen LogP contribution in [0, 0.1) is 0 Å². The second-order valence-electron chi connectivity index (χ2n) is 3.91. The van der Waals surface area contributed by atoms with Crippen LogP contribution < -0.4 is 10.5 Å². The van der Waals surface area contributed by atoms with Crippen LogP contribution in [0.15, 0.2) is 42.5 Å². The Labute approximate surface area is 106 Å². The Hall–Kier alpha value is -1.91. The number of aliphatic hydroxyl groups is 1. The summed E-state index contributed by atoms with van der Waals surface area (Å²) in [5.74, 6) is 1.20. The highest BCUT2D eigenvalue weighted by atomic mass is 16.5. The summed E-state index contributed by atoms with van der Waals surface area (Å²) >= 11 is 0. The van der Waals surface area contributed by atoms with Crippen molar-refractivity contribution in [3.8, 4) is 11.6 Å². The summed E-state index contributed by atoms with van der Waals surface area (Å²) in [7, 11) is 0. The minimum Gasteiger partial charge on any atom is -0.439 e. The molecule has 3 N–H and O–H groups in total. The van der Waals surface area contributed by atoms with E-state index in [1.54, 1.807) is 18.2 Å². The molecule has 2 rings (SSSR count). The number of nitrogens with two attached hydrogens (primary N) is 1. The monoisotopic (exact) mass is 244 g/mol. The first-order chi connectivity index (χ1) is 8.81. The maximum Gasteiger partial charge on any atom is 0.219 e. The average molecular weight is 244 g/mol. The Balaban J connectivity index is 2.08. The molecule has 0 aliphatic rings. The third-order valence-electron chi connectivity index (χ3n) is 2.52. The summed E-state index contributed by atoms with van der Waals surface area (Å²) in [4.78, 5) is 4.15. The third kappa shape index (κ3) is 3.29. The molecule has 0 spiro atoms. The Bertz CT molecular complexity index is 497. The largest absolute Gasteiger partial charge is 0.439 e. The lowest BCUT2D eigenvalue weighted by atomic mass is 10.1. The molecule has 2 aromatic rings. The summed E-state index contributed by atoms with van der Waals surface area (Å²) in [5, 5.41) is 8.99. The van der Waals surface area contributed by atoms with Crippen LogP contribution in [0.2, 0.25) is 0 Å². The molecule has 0 fully saturated rings. The van der Waals surface area contributed by atoms with Crippen LogP contribution in [-0.2, 0) is 13.0 Å². The smallest absolute Gasteiger partial charge is 0.219 e. The second kappa shape index (κ2) is 6.14. The van der Waals surface area contributed by atoms with Crippen LogP contribution in [-0.4, -0.2) is 16.6 Å². The minimum absolute atomic E-state index is 0.0906. The van der Waals surface area contributed by atoms with Crippen molar-refractivity contribution in [2.45, 2.75) is 13.0 Å². The lowest BCUT2D eigenvalue weighted by Gasteiger charge is -2.06. The van der Waals surface area contributed by atoms with Gasteiger partial charge in [0, 0.05) is 6.07 Å². The summed E-state index contributed by atoms with van der Waals surface area (Å²) < 4.78 is 5.60. The summed E-state index contributed by atoms with van der Waals surface area (Å²) in [5.41, 5.74) is 7.26. The van der Waals surface area contributed by atoms with Crippen molar-refractivity contribution >= 4 is 0 Å². The fraction of sp³-hybridized carbons (Fsp3) is 0.214. The Morgan fingerprint density at radius 1 is 1.11 bits per heavy atom. The normalized spacial score (nSPS) is 10.3. The van der Waals surface area contributed by atoms with Crippen LogP contribution in [0.25, 0.3) is 0 Å². The molecule has 1 aromatic carbocycles. The van der Waals surface area contributed by atoms with Crippen molar-refractivity contribution in [3.63, 3.8) is 0 Å². The maximum atomic E-state index is 8.99. The van der Waals surface area contributed by atoms with E-state index in [2.05, 4.69) is 4.98 Å². The van der Waals surface area contributed by atoms with Crippen LogP contribution >= 0.6 is 0 Å². The predicted octanol–water partition coefficient (Wildman–Crippen LogP) is 1.87. The van der Waals surface area contributed by atoms with E-state index in [4.69, 9.17) is 15.6 Å². The van der Waals surface area contributed by atoms with Gasteiger partial charge in [-0.2, -0.15) is 0 Å². The topological polar surface area (TPSA) is 68.4 Å². The van der Waals surface area contributed by atoms with Gasteiger partial charge in [0.05, 0.1) is 12.3 Å². The quantitative estimate of drug-likeness (QED) is 0.842. The van der Waals surface area contributed by atoms with Gasteiger partial charge in [-0.3, -0.25) is 0 Å². The average Bonchev–Trinajstić information content (AvgIpc) is 2.42. The first-order valence-electron chi connectivity index (χ1n) is 5.85. The van der Waals surface area contributed by atoms with E-state index >= 15 is 0 Å². The zero-order chi connectivity index (χ0) is 12.8. The second-order valence-corrected chi connectivity index (χ2v) is 3.91. The highest BCUT2D eigenvalue weighted by molar-refractivity contribution is 5.31. The molecule has 0 unspecified atom stereocenters. The van der Waals surface area contributed by atoms with Gasteiger partial charge in [-0.1, -0.05) is 18.2 Å². The van der Waals surface area contributed by atoms with Crippen LogP contribution in [0.5, 0.6) is 11.6 Å². The Kier molecular flexibility index (Phi) is 4.28. The molecule has 4 heteroatoms. The molecule has 18 heavy (non-hydrogen) atoms. The van der Waals surface area contributed by atoms with Gasteiger partial charge in [0.1, 0.15) is 5.75 Å². The molecule has 94 valence electrons. The van der Waals surface area contributed by atoms with Crippen molar-refractivity contribution in [1.82, 2.24) is 4.98 Å². The minimum atomic E-state index is -0.0906. The van der Waals surface area contributed by atoms with Gasteiger partial charge in [0.2, 0.25) is 5.88 Å². The molecule has 1 heterocycles. The molecule has 0 saturated heterocycles. The molecule has 1 aromatic heterocycles. The predicted molar refractivity (Wildman–Crippen MR) is 69.4 cm³/mol. The van der Waals surface area contributed by atoms with Crippen molar-refractivity contribution in [2.24, 2.45) is 5.73 Å². The van der Waals surface area contributed by atoms with Crippen LogP contribution in [0.4, 0.5) is 0 Å². The van der Waals surface area contributed by atoms with E-state index in [0.717, 1.165) is 12.2 Å². The number of aliphatic hydroxyl groups excluding tert-OH is 1. The zero-order valence-corrected chi connectivity index (χ0v) is 10.0. The summed E-state index contributed by atoms with van der Waals surface area (Å²) in [6.07, 6.45) is 0.860. The van der Waals surface area contributed by atoms with Crippen LogP contribution in [0.1, 0.15) is 11.3 Å². The number of nitrogens with zero attached hydrogens (tertiary/aromatic N) is 1. The molecule has 4 nitrogen and oxygen atoms in total. The van der Waals surface area contributed by atoms with Gasteiger partial charge in [0.15, 0.2) is 0 Å². The third-order valence-corrected chi connectivity index (χ3v) is 2.52. The fourth-order valence-corrected chi connectivity index (χ4v) is 1.61. The van der Waals surface area contributed by atoms with Gasteiger partial charge in [-0.15, -0.1) is 0 Å². The maximum absolute atomic E-state index is 8.99. The molecule has 0 aliphatic heterocycles. The number of pyridine rings is 1. The van der Waals surface area contributed by atoms with Gasteiger partial charge in [-0.25, -0.2) is 4.98 Å². The summed E-state index contributed by atoms with van der Waals surface area (Å²) in [6.45, 7) is 0.549. The molecule has 0 aliphatic carbocycles. The number of hydrogen-bond donors (Lipinski definition) is 2. The zero-order valence-electron chi connectivity index (χ0n) is 10.0. The highest BCUT2D eigenvalue weighted by Crippen LogP contribution is 2.20. The molecule has 0 radical (unpaired) electrons. The number of benzene rings is 1. The number of aromatic nitrogens is 1. The molecular formula is C14H16N2O2. The molecule has 0 amide bonds. The van der Waals surface area contributed by atoms with Gasteiger partial charge in [-0.05, 0) is 36.7 Å². The molecule has 0 bridgehead atoms. The lowest BCUT2D eigenvalue weighted by molar-refractivity contribution is 0.275. The number of rotatable bonds is 5. The van der Waals surface area contributed by atoms with E-state index in [-0.39, 0.29) is 6.61 Å². The number of ether oxygens (including phenoxy) is 1. The van der Waals surface area contributed by atoms with Crippen molar-refractivity contribution in [2.75, 3.05) is 6.54 Å². The molecule has 0 saturated carbocycles. The van der Waals surface area contributed by atoms with E-state index in [9.17, 15) is 0 Å². The standard InChI is InChI=1S/C14H16N2O2/c15-9-8-11-4-6-13(7-5-11)18-14-3-1-2-12(10-17)16-14/h1-7,17H,8-10,15H2. The van der Waals surface area contributed by atoms with Crippen molar-refractivity contribution in [1.29, 1.82) is 0 Å². The van der Waals surface area contributed by atoms with E-state index < -0.39 is 0 Å². The van der Waals surface area contributed by atoms with Crippen LogP contribution in [0.3, 0.4) is 0 Å². The summed E-state index contributed by atoms with van der Waals surface area (Å²) in [6, 6.07) is 13.0. The molecule has 0 atom stereocenters. The molecular weight excluding hydrogens is 228 g/mol. The van der Waals surface area contributed by atoms with Gasteiger partial charge < -0.3 is 15.6 Å². The Morgan fingerprint density at radius 3 is 2.56 bits per heavy atom. The first kappa shape index (κ1) is 12.5. The van der Waals surface area contributed by atoms with E-state index in [0.29, 0.717) is 18.1 Å². The first-order valence-corrected chi connectivity index (χ1v) is 5.85. The van der Waals surface area contributed by atoms with Gasteiger partial charge in [0.25, 0.3) is 0 Å². The van der Waals surface area contributed by atoms with E-state index in [1.807, 2.05) is 24.3 Å². The number of hydrogen-bond acceptors (Lipinski definition) is 4. The fourth-order valence-electron chi connectivity index (χ4n) is 1.61. The van der Waals surface area contributed by atoms with Gasteiger partial charge >= 0.3 is 0 Å². The van der Waals surface area contributed by atoms with E-state index in [1.165, 1.54) is 5.56 Å². The van der Waals surface area contributed by atoms with Crippen molar-refractivity contribution in [3.05, 3.63) is 53.7 Å². The highest BCUT2D eigenvalue weighted by Gasteiger charge is 2.00. The lowest BCUT2D eigenvalue weighted by Crippen LogP contribution is -2.02.